The number of allylic oxidation sites excluding steroid dienone is 2. The van der Waals surface area contributed by atoms with Gasteiger partial charge >= 0.3 is 5.97 Å². The minimum atomic E-state index is -1.09. The van der Waals surface area contributed by atoms with Crippen LogP contribution in [0.3, 0.4) is 0 Å². The number of carboxylic acid groups (broad SMARTS) is 1. The first kappa shape index (κ1) is 30.8. The number of unbranched alkanes of at least 4 members (excludes halogenated alkanes) is 2. The van der Waals surface area contributed by atoms with Crippen LogP contribution >= 0.6 is 9.24 Å². The Labute approximate surface area is 212 Å². The van der Waals surface area contributed by atoms with Gasteiger partial charge in [-0.3, -0.25) is 14.9 Å². The third-order valence-electron chi connectivity index (χ3n) is 6.90. The average Bonchev–Trinajstić information content (AvgIpc) is 3.30. The number of hydrogen-bond acceptors (Lipinski definition) is 4. The summed E-state index contributed by atoms with van der Waals surface area (Å²) >= 11 is 0. The van der Waals surface area contributed by atoms with Crippen molar-refractivity contribution in [1.82, 2.24) is 5.32 Å². The van der Waals surface area contributed by atoms with Gasteiger partial charge in [0, 0.05) is 24.0 Å². The molecule has 2 aliphatic rings. The van der Waals surface area contributed by atoms with Crippen molar-refractivity contribution in [2.24, 2.45) is 5.41 Å². The second kappa shape index (κ2) is 16.4. The number of nitrogens with one attached hydrogen (secondary N) is 1. The Kier molecular flexibility index (Phi) is 14.4. The van der Waals surface area contributed by atoms with Crippen LogP contribution in [0.5, 0.6) is 0 Å². The van der Waals surface area contributed by atoms with Gasteiger partial charge in [0.1, 0.15) is 6.04 Å². The molecule has 0 radical (unpaired) electrons. The fraction of sp³-hybridized carbons (Fsp3) is 0.630. The van der Waals surface area contributed by atoms with Crippen LogP contribution in [0.15, 0.2) is 35.9 Å². The number of nitro groups is 1. The Morgan fingerprint density at radius 3 is 2.14 bits per heavy atom. The van der Waals surface area contributed by atoms with Gasteiger partial charge in [0.2, 0.25) is 5.91 Å². The fourth-order valence-electron chi connectivity index (χ4n) is 4.53. The molecule has 2 unspecified atom stereocenters. The number of aliphatic carboxylic acids is 1. The van der Waals surface area contributed by atoms with Crippen molar-refractivity contribution < 1.29 is 19.6 Å². The average molecular weight is 507 g/mol. The van der Waals surface area contributed by atoms with Crippen molar-refractivity contribution >= 4 is 26.8 Å². The molecule has 2 atom stereocenters. The zero-order valence-electron chi connectivity index (χ0n) is 21.6. The lowest BCUT2D eigenvalue weighted by Gasteiger charge is -2.29. The largest absolute Gasteiger partial charge is 0.480 e. The van der Waals surface area contributed by atoms with Crippen LogP contribution in [0.25, 0.3) is 0 Å². The van der Waals surface area contributed by atoms with Gasteiger partial charge in [0.15, 0.2) is 0 Å². The van der Waals surface area contributed by atoms with Gasteiger partial charge in [-0.15, -0.1) is 9.24 Å². The van der Waals surface area contributed by atoms with E-state index in [2.05, 4.69) is 34.5 Å². The first-order chi connectivity index (χ1) is 16.8. The van der Waals surface area contributed by atoms with Gasteiger partial charge in [0.05, 0.1) is 4.92 Å². The molecule has 1 amide bonds. The van der Waals surface area contributed by atoms with Crippen LogP contribution in [0.4, 0.5) is 5.69 Å². The Hall–Kier alpha value is -2.27. The van der Waals surface area contributed by atoms with Crippen molar-refractivity contribution in [2.75, 3.05) is 6.66 Å². The van der Waals surface area contributed by atoms with E-state index in [4.69, 9.17) is 0 Å². The Morgan fingerprint density at radius 2 is 1.74 bits per heavy atom. The highest BCUT2D eigenvalue weighted by molar-refractivity contribution is 7.15. The summed E-state index contributed by atoms with van der Waals surface area (Å²) in [5.41, 5.74) is 1.79. The first-order valence-electron chi connectivity index (χ1n) is 12.8. The number of carboxylic acids is 1. The van der Waals surface area contributed by atoms with E-state index in [-0.39, 0.29) is 18.0 Å². The summed E-state index contributed by atoms with van der Waals surface area (Å²) in [6, 6.07) is 4.72. The van der Waals surface area contributed by atoms with Gasteiger partial charge < -0.3 is 10.4 Å². The Morgan fingerprint density at radius 1 is 1.14 bits per heavy atom. The molecule has 2 aliphatic carbocycles. The standard InChI is InChI=1S/C20H28N2O5.C6H10.CH5P/c1-2-3-4-11-20(12-5-6-13-20)19(25)21-17(18(23)24)14-15-7-9-16(10-8-15)22(26)27;1-2-6-4-3-5-6;1-2/h7-10,17H,2-6,11-14H2,1H3,(H,21,25)(H,23,24);2H,3-5H2,1H3;2H2,1H3. The van der Waals surface area contributed by atoms with Crippen molar-refractivity contribution in [2.45, 2.75) is 96.9 Å². The molecule has 1 aromatic carbocycles. The molecule has 8 heteroatoms. The molecule has 0 aromatic heterocycles. The summed E-state index contributed by atoms with van der Waals surface area (Å²) in [6.45, 7) is 6.15. The highest BCUT2D eigenvalue weighted by Gasteiger charge is 2.41. The van der Waals surface area contributed by atoms with Gasteiger partial charge in [0.25, 0.3) is 5.69 Å². The third-order valence-corrected chi connectivity index (χ3v) is 6.90. The molecule has 7 nitrogen and oxygen atoms in total. The maximum atomic E-state index is 12.9. The minimum absolute atomic E-state index is 0.0458. The minimum Gasteiger partial charge on any atom is -0.480 e. The molecule has 2 saturated carbocycles. The molecule has 35 heavy (non-hydrogen) atoms. The maximum Gasteiger partial charge on any atom is 0.326 e. The van der Waals surface area contributed by atoms with Gasteiger partial charge in [-0.2, -0.15) is 0 Å². The van der Waals surface area contributed by atoms with E-state index in [1.165, 1.54) is 43.5 Å². The topological polar surface area (TPSA) is 110 Å². The summed E-state index contributed by atoms with van der Waals surface area (Å²) in [6.07, 6.45) is 14.1. The van der Waals surface area contributed by atoms with Crippen LogP contribution < -0.4 is 5.32 Å². The van der Waals surface area contributed by atoms with Crippen molar-refractivity contribution in [1.29, 1.82) is 0 Å². The van der Waals surface area contributed by atoms with Crippen molar-refractivity contribution in [3.05, 3.63) is 51.6 Å². The van der Waals surface area contributed by atoms with E-state index >= 15 is 0 Å². The van der Waals surface area contributed by atoms with E-state index < -0.39 is 22.3 Å². The molecular weight excluding hydrogens is 463 g/mol. The van der Waals surface area contributed by atoms with E-state index in [1.54, 1.807) is 5.57 Å². The van der Waals surface area contributed by atoms with Crippen molar-refractivity contribution in [3.8, 4) is 0 Å². The van der Waals surface area contributed by atoms with Gasteiger partial charge in [-0.05, 0) is 51.0 Å². The smallest absolute Gasteiger partial charge is 0.326 e. The molecular formula is C27H43N2O5P. The zero-order chi connectivity index (χ0) is 26.3. The van der Waals surface area contributed by atoms with Crippen LogP contribution in [0.1, 0.15) is 90.0 Å². The van der Waals surface area contributed by atoms with Crippen LogP contribution in [-0.2, 0) is 16.0 Å². The zero-order valence-corrected chi connectivity index (χ0v) is 22.7. The third kappa shape index (κ3) is 10.1. The number of hydrogen-bond donors (Lipinski definition) is 2. The lowest BCUT2D eigenvalue weighted by Crippen LogP contribution is -2.48. The highest BCUT2D eigenvalue weighted by atomic mass is 31.0. The molecule has 0 bridgehead atoms. The molecule has 3 rings (SSSR count). The lowest BCUT2D eigenvalue weighted by atomic mass is 9.79. The summed E-state index contributed by atoms with van der Waals surface area (Å²) in [4.78, 5) is 34.9. The summed E-state index contributed by atoms with van der Waals surface area (Å²) in [7, 11) is 2.42. The molecule has 2 fully saturated rings. The number of rotatable bonds is 10. The number of benzene rings is 1. The number of carbonyl (C=O) groups excluding carboxylic acids is 1. The Bertz CT molecular complexity index is 826. The highest BCUT2D eigenvalue weighted by Crippen LogP contribution is 2.42. The molecule has 1 aromatic rings. The lowest BCUT2D eigenvalue weighted by molar-refractivity contribution is -0.384. The van der Waals surface area contributed by atoms with E-state index in [0.29, 0.717) is 5.56 Å². The number of nitrogens with zero attached hydrogens (tertiary/aromatic N) is 1. The summed E-state index contributed by atoms with van der Waals surface area (Å²) in [5, 5.41) is 23.0. The predicted octanol–water partition coefficient (Wildman–Crippen LogP) is 6.46. The van der Waals surface area contributed by atoms with Crippen molar-refractivity contribution in [3.63, 3.8) is 0 Å². The predicted molar refractivity (Wildman–Crippen MR) is 145 cm³/mol. The molecule has 0 saturated heterocycles. The van der Waals surface area contributed by atoms with Crippen LogP contribution in [-0.4, -0.2) is 34.6 Å². The number of carbonyl (C=O) groups is 2. The van der Waals surface area contributed by atoms with E-state index in [9.17, 15) is 24.8 Å². The van der Waals surface area contributed by atoms with Crippen LogP contribution in [0, 0.1) is 15.5 Å². The van der Waals surface area contributed by atoms with Crippen LogP contribution in [0.2, 0.25) is 0 Å². The molecule has 196 valence electrons. The first-order valence-corrected chi connectivity index (χ1v) is 14.0. The van der Waals surface area contributed by atoms with Gasteiger partial charge in [-0.1, -0.05) is 69.5 Å². The molecule has 0 aliphatic heterocycles. The number of non-ortho nitro benzene ring substituents is 1. The van der Waals surface area contributed by atoms with E-state index in [1.807, 2.05) is 6.66 Å². The molecule has 0 spiro atoms. The Balaban J connectivity index is 0.000000654. The number of nitro benzene ring substituents is 1. The second-order valence-corrected chi connectivity index (χ2v) is 9.24. The van der Waals surface area contributed by atoms with E-state index in [0.717, 1.165) is 51.4 Å². The van der Waals surface area contributed by atoms with Gasteiger partial charge in [-0.25, -0.2) is 4.79 Å². The fourth-order valence-corrected chi connectivity index (χ4v) is 4.53. The summed E-state index contributed by atoms with van der Waals surface area (Å²) in [5.74, 6) is -1.26. The SMILES string of the molecule is CC=C1CCC1.CCCCCC1(C(=O)NC(Cc2ccc([N+](=O)[O-])cc2)C(=O)O)CCCC1.CP. The quantitative estimate of drug-likeness (QED) is 0.124. The number of amides is 1. The molecule has 0 heterocycles. The monoisotopic (exact) mass is 506 g/mol. The summed E-state index contributed by atoms with van der Waals surface area (Å²) < 4.78 is 0. The maximum absolute atomic E-state index is 12.9. The second-order valence-electron chi connectivity index (χ2n) is 9.24. The normalized spacial score (nSPS) is 16.4. The molecule has 2 N–H and O–H groups in total.